The van der Waals surface area contributed by atoms with Gasteiger partial charge in [0.25, 0.3) is 5.91 Å². The monoisotopic (exact) mass is 389 g/mol. The van der Waals surface area contributed by atoms with E-state index in [0.29, 0.717) is 31.1 Å². The zero-order valence-corrected chi connectivity index (χ0v) is 17.5. The molecule has 1 aliphatic heterocycles. The molecule has 4 heteroatoms. The lowest BCUT2D eigenvalue weighted by Crippen LogP contribution is -2.24. The van der Waals surface area contributed by atoms with Gasteiger partial charge in [-0.1, -0.05) is 43.3 Å². The number of carbonyl (C=O) groups is 1. The minimum absolute atomic E-state index is 0.0255. The van der Waals surface area contributed by atoms with Crippen molar-refractivity contribution in [2.45, 2.75) is 40.7 Å². The second-order valence-electron chi connectivity index (χ2n) is 7.29. The first-order valence-corrected chi connectivity index (χ1v) is 10.3. The van der Waals surface area contributed by atoms with E-state index in [9.17, 15) is 4.79 Å². The van der Waals surface area contributed by atoms with Gasteiger partial charge in [0.2, 0.25) is 0 Å². The molecule has 0 atom stereocenters. The number of benzene rings is 3. The number of carbonyl (C=O) groups excluding carboxylic acids is 1. The van der Waals surface area contributed by atoms with Crippen LogP contribution in [0.4, 0.5) is 5.69 Å². The van der Waals surface area contributed by atoms with Crippen LogP contribution in [-0.4, -0.2) is 19.1 Å². The summed E-state index contributed by atoms with van der Waals surface area (Å²) < 4.78 is 12.1. The van der Waals surface area contributed by atoms with Crippen LogP contribution in [0.2, 0.25) is 0 Å². The highest BCUT2D eigenvalue weighted by Crippen LogP contribution is 2.46. The van der Waals surface area contributed by atoms with Crippen molar-refractivity contribution >= 4 is 22.4 Å². The third-order valence-electron chi connectivity index (χ3n) is 5.53. The molecule has 1 heterocycles. The Morgan fingerprint density at radius 2 is 1.59 bits per heavy atom. The zero-order valence-electron chi connectivity index (χ0n) is 17.5. The maximum Gasteiger partial charge on any atom is 0.262 e. The predicted octanol–water partition coefficient (Wildman–Crippen LogP) is 5.67. The highest BCUT2D eigenvalue weighted by Gasteiger charge is 2.37. The number of anilines is 1. The lowest BCUT2D eigenvalue weighted by molar-refractivity contribution is 0.0993. The molecule has 0 radical (unpaired) electrons. The normalized spacial score (nSPS) is 13.1. The predicted molar refractivity (Wildman–Crippen MR) is 117 cm³/mol. The Balaban J connectivity index is 1.93. The molecule has 3 aromatic rings. The first-order valence-electron chi connectivity index (χ1n) is 10.3. The summed E-state index contributed by atoms with van der Waals surface area (Å²) in [6.07, 6.45) is 0.976. The van der Waals surface area contributed by atoms with Crippen LogP contribution in [0.3, 0.4) is 0 Å². The molecule has 150 valence electrons. The Labute approximate surface area is 172 Å². The number of hydrogen-bond acceptors (Lipinski definition) is 3. The quantitative estimate of drug-likeness (QED) is 0.545. The van der Waals surface area contributed by atoms with E-state index in [0.717, 1.165) is 39.8 Å². The topological polar surface area (TPSA) is 38.8 Å². The minimum atomic E-state index is -0.0255. The summed E-state index contributed by atoms with van der Waals surface area (Å²) in [5.74, 6) is 1.43. The average Bonchev–Trinajstić information content (AvgIpc) is 3.07. The fourth-order valence-electron chi connectivity index (χ4n) is 4.21. The van der Waals surface area contributed by atoms with Crippen molar-refractivity contribution in [1.29, 1.82) is 0 Å². The number of fused-ring (bicyclic) bond motifs is 2. The second-order valence-corrected chi connectivity index (χ2v) is 7.29. The summed E-state index contributed by atoms with van der Waals surface area (Å²) in [6.45, 7) is 9.65. The molecule has 0 unspecified atom stereocenters. The van der Waals surface area contributed by atoms with Crippen molar-refractivity contribution in [1.82, 2.24) is 0 Å². The Kier molecular flexibility index (Phi) is 5.18. The fourth-order valence-corrected chi connectivity index (χ4v) is 4.21. The van der Waals surface area contributed by atoms with E-state index in [1.54, 1.807) is 0 Å². The van der Waals surface area contributed by atoms with Crippen LogP contribution in [-0.2, 0) is 13.0 Å². The smallest absolute Gasteiger partial charge is 0.262 e. The van der Waals surface area contributed by atoms with Gasteiger partial charge in [0.15, 0.2) is 0 Å². The third kappa shape index (κ3) is 3.13. The number of aryl methyl sites for hydroxylation is 2. The van der Waals surface area contributed by atoms with E-state index in [1.165, 1.54) is 5.56 Å². The lowest BCUT2D eigenvalue weighted by atomic mass is 9.99. The van der Waals surface area contributed by atoms with Crippen molar-refractivity contribution in [3.05, 3.63) is 64.7 Å². The van der Waals surface area contributed by atoms with Gasteiger partial charge in [0.05, 0.1) is 25.3 Å². The molecule has 0 aliphatic carbocycles. The lowest BCUT2D eigenvalue weighted by Gasteiger charge is -2.19. The molecule has 0 bridgehead atoms. The number of ether oxygens (including phenoxy) is 2. The van der Waals surface area contributed by atoms with Crippen LogP contribution in [0.15, 0.2) is 42.5 Å². The Morgan fingerprint density at radius 1 is 0.931 bits per heavy atom. The number of hydrogen-bond donors (Lipinski definition) is 0. The van der Waals surface area contributed by atoms with Crippen LogP contribution in [0.1, 0.15) is 47.8 Å². The number of amides is 1. The summed E-state index contributed by atoms with van der Waals surface area (Å²) in [6, 6.07) is 14.3. The van der Waals surface area contributed by atoms with Crippen molar-refractivity contribution < 1.29 is 14.3 Å². The average molecular weight is 389 g/mol. The van der Waals surface area contributed by atoms with Gasteiger partial charge in [0.1, 0.15) is 11.5 Å². The van der Waals surface area contributed by atoms with Gasteiger partial charge in [-0.05, 0) is 44.4 Å². The van der Waals surface area contributed by atoms with E-state index in [1.807, 2.05) is 43.0 Å². The van der Waals surface area contributed by atoms with Crippen LogP contribution in [0, 0.1) is 6.92 Å². The summed E-state index contributed by atoms with van der Waals surface area (Å²) in [7, 11) is 0. The van der Waals surface area contributed by atoms with E-state index in [4.69, 9.17) is 9.47 Å². The summed E-state index contributed by atoms with van der Waals surface area (Å²) in [5, 5.41) is 1.91. The summed E-state index contributed by atoms with van der Waals surface area (Å²) in [4.78, 5) is 15.4. The molecule has 1 aliphatic rings. The molecule has 0 fully saturated rings. The maximum absolute atomic E-state index is 13.6. The molecular formula is C25H27NO3. The van der Waals surface area contributed by atoms with Crippen molar-refractivity contribution in [2.24, 2.45) is 0 Å². The van der Waals surface area contributed by atoms with E-state index in [2.05, 4.69) is 32.0 Å². The molecule has 0 aromatic heterocycles. The van der Waals surface area contributed by atoms with Gasteiger partial charge in [-0.15, -0.1) is 0 Å². The van der Waals surface area contributed by atoms with Gasteiger partial charge in [-0.25, -0.2) is 0 Å². The van der Waals surface area contributed by atoms with Crippen LogP contribution >= 0.6 is 0 Å². The molecule has 3 aromatic carbocycles. The fraction of sp³-hybridized carbons (Fsp3) is 0.320. The van der Waals surface area contributed by atoms with Crippen molar-refractivity contribution in [2.75, 3.05) is 18.1 Å². The molecule has 0 spiro atoms. The molecule has 0 saturated heterocycles. The Hall–Kier alpha value is -3.01. The summed E-state index contributed by atoms with van der Waals surface area (Å²) >= 11 is 0. The number of nitrogens with zero attached hydrogens (tertiary/aromatic N) is 1. The van der Waals surface area contributed by atoms with E-state index >= 15 is 0 Å². The van der Waals surface area contributed by atoms with Gasteiger partial charge < -0.3 is 14.4 Å². The molecule has 29 heavy (non-hydrogen) atoms. The number of rotatable bonds is 6. The Bertz CT molecular complexity index is 1090. The molecular weight excluding hydrogens is 362 g/mol. The second kappa shape index (κ2) is 7.78. The molecule has 4 nitrogen and oxygen atoms in total. The SMILES string of the molecule is CCOc1c2c(c(OCC)c3ccccc13)C(=O)N(c1ccc(CC)cc1C)C2. The molecule has 0 N–H and O–H groups in total. The zero-order chi connectivity index (χ0) is 20.5. The van der Waals surface area contributed by atoms with Crippen molar-refractivity contribution in [3.8, 4) is 11.5 Å². The molecule has 4 rings (SSSR count). The minimum Gasteiger partial charge on any atom is -0.493 e. The van der Waals surface area contributed by atoms with Gasteiger partial charge in [0, 0.05) is 22.0 Å². The largest absolute Gasteiger partial charge is 0.493 e. The van der Waals surface area contributed by atoms with Crippen molar-refractivity contribution in [3.63, 3.8) is 0 Å². The Morgan fingerprint density at radius 3 is 2.21 bits per heavy atom. The molecule has 0 saturated carbocycles. The van der Waals surface area contributed by atoms with Crippen LogP contribution in [0.25, 0.3) is 10.8 Å². The summed E-state index contributed by atoms with van der Waals surface area (Å²) in [5.41, 5.74) is 4.86. The first kappa shape index (κ1) is 19.3. The third-order valence-corrected chi connectivity index (χ3v) is 5.53. The van der Waals surface area contributed by atoms with Gasteiger partial charge in [-0.3, -0.25) is 4.79 Å². The van der Waals surface area contributed by atoms with Gasteiger partial charge >= 0.3 is 0 Å². The van der Waals surface area contributed by atoms with E-state index in [-0.39, 0.29) is 5.91 Å². The first-order chi connectivity index (χ1) is 14.1. The highest BCUT2D eigenvalue weighted by molar-refractivity contribution is 6.17. The van der Waals surface area contributed by atoms with Crippen LogP contribution < -0.4 is 14.4 Å². The van der Waals surface area contributed by atoms with Gasteiger partial charge in [-0.2, -0.15) is 0 Å². The highest BCUT2D eigenvalue weighted by atomic mass is 16.5. The maximum atomic E-state index is 13.6. The van der Waals surface area contributed by atoms with Crippen LogP contribution in [0.5, 0.6) is 11.5 Å². The molecule has 1 amide bonds. The van der Waals surface area contributed by atoms with E-state index < -0.39 is 0 Å². The standard InChI is InChI=1S/C25H27NO3/c1-5-17-12-13-21(16(4)14-17)26-15-20-22(25(26)27)24(29-7-3)19-11-9-8-10-18(19)23(20)28-6-2/h8-14H,5-7,15H2,1-4H3.